The molecule has 0 atom stereocenters. The summed E-state index contributed by atoms with van der Waals surface area (Å²) in [6.07, 6.45) is 5.99. The number of fused-ring (bicyclic) bond motifs is 3. The van der Waals surface area contributed by atoms with E-state index < -0.39 is 29.0 Å². The molecule has 0 radical (unpaired) electrons. The first-order valence-corrected chi connectivity index (χ1v) is 17.3. The molecule has 1 heterocycles. The summed E-state index contributed by atoms with van der Waals surface area (Å²) in [5.74, 6) is -3.93. The largest absolute Gasteiger partial charge is 0.478 e. The zero-order chi connectivity index (χ0) is 36.9. The van der Waals surface area contributed by atoms with Crippen molar-refractivity contribution < 1.29 is 29.4 Å². The van der Waals surface area contributed by atoms with Crippen molar-refractivity contribution in [3.8, 4) is 22.3 Å². The second-order valence-corrected chi connectivity index (χ2v) is 13.2. The summed E-state index contributed by atoms with van der Waals surface area (Å²) in [5, 5.41) is 26.6. The number of amides is 2. The second kappa shape index (κ2) is 15.0. The fourth-order valence-electron chi connectivity index (χ4n) is 6.09. The van der Waals surface area contributed by atoms with E-state index in [1.807, 2.05) is 109 Å². The molecule has 0 saturated carbocycles. The maximum absolute atomic E-state index is 13.0. The Morgan fingerprint density at radius 2 is 1.00 bits per heavy atom. The molecule has 6 aromatic carbocycles. The van der Waals surface area contributed by atoms with E-state index in [9.17, 15) is 29.4 Å². The highest BCUT2D eigenvalue weighted by atomic mass is 32.1. The Morgan fingerprint density at radius 1 is 0.509 bits per heavy atom. The van der Waals surface area contributed by atoms with Crippen molar-refractivity contribution in [3.05, 3.63) is 168 Å². The maximum atomic E-state index is 13.0. The van der Waals surface area contributed by atoms with Crippen molar-refractivity contribution in [2.75, 3.05) is 10.6 Å². The Morgan fingerprint density at radius 3 is 1.51 bits per heavy atom. The second-order valence-electron chi connectivity index (χ2n) is 12.1. The van der Waals surface area contributed by atoms with Crippen LogP contribution >= 0.6 is 11.3 Å². The van der Waals surface area contributed by atoms with Crippen LogP contribution in [-0.2, 0) is 9.59 Å². The van der Waals surface area contributed by atoms with Gasteiger partial charge >= 0.3 is 11.9 Å². The Bertz CT molecular complexity index is 2570. The molecule has 2 amide bonds. The van der Waals surface area contributed by atoms with E-state index >= 15 is 0 Å². The van der Waals surface area contributed by atoms with E-state index in [1.165, 1.54) is 29.6 Å². The van der Waals surface area contributed by atoms with Crippen molar-refractivity contribution >= 4 is 78.8 Å². The van der Waals surface area contributed by atoms with Gasteiger partial charge in [-0.25, -0.2) is 9.59 Å². The fraction of sp³-hybridized carbons (Fsp3) is 0. The van der Waals surface area contributed by atoms with Crippen LogP contribution in [-0.4, -0.2) is 34.0 Å². The zero-order valence-corrected chi connectivity index (χ0v) is 28.8. The molecule has 0 unspecified atom stereocenters. The normalized spacial score (nSPS) is 11.3. The van der Waals surface area contributed by atoms with Crippen LogP contribution in [0.4, 0.5) is 11.4 Å². The highest BCUT2D eigenvalue weighted by Crippen LogP contribution is 2.41. The molecule has 0 aliphatic rings. The first-order valence-electron chi connectivity index (χ1n) is 16.5. The van der Waals surface area contributed by atoms with Crippen LogP contribution < -0.4 is 10.6 Å². The van der Waals surface area contributed by atoms with Gasteiger partial charge in [0.1, 0.15) is 0 Å². The van der Waals surface area contributed by atoms with Crippen molar-refractivity contribution in [3.63, 3.8) is 0 Å². The number of carbonyl (C=O) groups is 4. The average Bonchev–Trinajstić information content (AvgIpc) is 3.53. The molecule has 8 nitrogen and oxygen atoms in total. The van der Waals surface area contributed by atoms with Crippen LogP contribution in [0.5, 0.6) is 0 Å². The lowest BCUT2D eigenvalue weighted by atomic mass is 9.98. The minimum atomic E-state index is -1.50. The van der Waals surface area contributed by atoms with Gasteiger partial charge in [0.15, 0.2) is 0 Å². The molecular weight excluding hydrogens is 685 g/mol. The van der Waals surface area contributed by atoms with Gasteiger partial charge in [-0.05, 0) is 63.7 Å². The van der Waals surface area contributed by atoms with Crippen LogP contribution in [0.15, 0.2) is 146 Å². The molecule has 0 aliphatic heterocycles. The fourth-order valence-corrected chi connectivity index (χ4v) is 7.28. The lowest BCUT2D eigenvalue weighted by molar-refractivity contribution is -0.112. The minimum Gasteiger partial charge on any atom is -0.478 e. The summed E-state index contributed by atoms with van der Waals surface area (Å²) < 4.78 is 1.08. The molecular formula is C44H30N2O6S. The smallest absolute Gasteiger partial charge is 0.338 e. The van der Waals surface area contributed by atoms with E-state index in [4.69, 9.17) is 0 Å². The summed E-state index contributed by atoms with van der Waals surface area (Å²) in [5.41, 5.74) is 5.22. The number of benzene rings is 6. The Kier molecular flexibility index (Phi) is 9.74. The summed E-state index contributed by atoms with van der Waals surface area (Å²) in [6.45, 7) is 0. The van der Waals surface area contributed by atoms with Crippen molar-refractivity contribution in [1.29, 1.82) is 0 Å². The Labute approximate surface area is 308 Å². The zero-order valence-electron chi connectivity index (χ0n) is 27.9. The van der Waals surface area contributed by atoms with E-state index in [0.717, 1.165) is 33.4 Å². The van der Waals surface area contributed by atoms with Gasteiger partial charge in [0, 0.05) is 38.0 Å². The third-order valence-corrected chi connectivity index (χ3v) is 9.70. The predicted octanol–water partition coefficient (Wildman–Crippen LogP) is 10.1. The quantitative estimate of drug-likeness (QED) is 0.104. The number of aromatic carboxylic acids is 2. The van der Waals surface area contributed by atoms with Gasteiger partial charge < -0.3 is 20.8 Å². The van der Waals surface area contributed by atoms with Gasteiger partial charge in [-0.3, -0.25) is 9.59 Å². The summed E-state index contributed by atoms with van der Waals surface area (Å²) >= 11 is 1.22. The monoisotopic (exact) mass is 714 g/mol. The molecule has 0 aliphatic carbocycles. The van der Waals surface area contributed by atoms with E-state index in [-0.39, 0.29) is 17.0 Å². The molecule has 0 bridgehead atoms. The molecule has 0 fully saturated rings. The molecule has 0 saturated heterocycles. The third-order valence-electron chi connectivity index (χ3n) is 8.61. The highest BCUT2D eigenvalue weighted by molar-refractivity contribution is 7.26. The molecule has 7 rings (SSSR count). The standard InChI is InChI=1S/C44H30N2O6S/c47-38(23-15-27-11-17-31(18-12-27)29-7-3-1-4-8-29)45-33-21-22-34-36(25-33)53-37-26-35(41(43(49)50)42(40(34)37)44(51)52)46-39(48)24-16-28-13-19-32(20-14-28)30-9-5-2-6-10-30/h1-26H,(H,45,47)(H,46,48)(H,49,50)(H,51,52). The van der Waals surface area contributed by atoms with Gasteiger partial charge in [-0.15, -0.1) is 11.3 Å². The SMILES string of the molecule is O=C(C=Cc1ccc(-c2ccccc2)cc1)Nc1ccc2c(c1)sc1cc(NC(=O)C=Cc3ccc(-c4ccccc4)cc3)c(C(=O)O)c(C(=O)O)c12. The van der Waals surface area contributed by atoms with Crippen LogP contribution in [0.25, 0.3) is 54.6 Å². The topological polar surface area (TPSA) is 133 Å². The molecule has 1 aromatic heterocycles. The number of hydrogen-bond donors (Lipinski definition) is 4. The van der Waals surface area contributed by atoms with Gasteiger partial charge in [-0.1, -0.05) is 115 Å². The number of carboxylic acid groups (broad SMARTS) is 2. The first kappa shape index (κ1) is 34.4. The number of carboxylic acids is 2. The van der Waals surface area contributed by atoms with Crippen LogP contribution in [0, 0.1) is 0 Å². The Hall–Kier alpha value is -7.10. The number of nitrogens with one attached hydrogen (secondary N) is 2. The lowest BCUT2D eigenvalue weighted by Crippen LogP contribution is -2.16. The van der Waals surface area contributed by atoms with Gasteiger partial charge in [0.05, 0.1) is 16.8 Å². The van der Waals surface area contributed by atoms with Gasteiger partial charge in [0.25, 0.3) is 0 Å². The Balaban J connectivity index is 1.11. The highest BCUT2D eigenvalue weighted by Gasteiger charge is 2.27. The van der Waals surface area contributed by atoms with Crippen LogP contribution in [0.2, 0.25) is 0 Å². The van der Waals surface area contributed by atoms with Gasteiger partial charge in [-0.2, -0.15) is 0 Å². The number of thiophene rings is 1. The maximum Gasteiger partial charge on any atom is 0.338 e. The number of rotatable bonds is 10. The number of hydrogen-bond acceptors (Lipinski definition) is 5. The average molecular weight is 715 g/mol. The minimum absolute atomic E-state index is 0.140. The summed E-state index contributed by atoms with van der Waals surface area (Å²) in [7, 11) is 0. The van der Waals surface area contributed by atoms with E-state index in [0.29, 0.717) is 20.5 Å². The summed E-state index contributed by atoms with van der Waals surface area (Å²) in [4.78, 5) is 50.9. The molecule has 258 valence electrons. The van der Waals surface area contributed by atoms with Crippen LogP contribution in [0.1, 0.15) is 31.8 Å². The van der Waals surface area contributed by atoms with Crippen LogP contribution in [0.3, 0.4) is 0 Å². The molecule has 9 heteroatoms. The lowest BCUT2D eigenvalue weighted by Gasteiger charge is -2.11. The number of anilines is 2. The van der Waals surface area contributed by atoms with E-state index in [2.05, 4.69) is 10.6 Å². The predicted molar refractivity (Wildman–Crippen MR) is 212 cm³/mol. The summed E-state index contributed by atoms with van der Waals surface area (Å²) in [6, 6.07) is 41.7. The van der Waals surface area contributed by atoms with Crippen molar-refractivity contribution in [2.45, 2.75) is 0 Å². The molecule has 0 spiro atoms. The van der Waals surface area contributed by atoms with Gasteiger partial charge in [0.2, 0.25) is 11.8 Å². The first-order chi connectivity index (χ1) is 25.7. The molecule has 4 N–H and O–H groups in total. The van der Waals surface area contributed by atoms with Crippen molar-refractivity contribution in [1.82, 2.24) is 0 Å². The molecule has 7 aromatic rings. The molecule has 53 heavy (non-hydrogen) atoms. The third kappa shape index (κ3) is 7.65. The number of carbonyl (C=O) groups excluding carboxylic acids is 2. The van der Waals surface area contributed by atoms with E-state index in [1.54, 1.807) is 30.4 Å². The van der Waals surface area contributed by atoms with Crippen molar-refractivity contribution in [2.24, 2.45) is 0 Å².